The molecule has 0 amide bonds. The summed E-state index contributed by atoms with van der Waals surface area (Å²) in [5.41, 5.74) is 5.89. The molecule has 10 nitrogen and oxygen atoms in total. The third kappa shape index (κ3) is 16.4. The number of pyridine rings is 4. The van der Waals surface area contributed by atoms with E-state index in [9.17, 15) is 9.59 Å². The summed E-state index contributed by atoms with van der Waals surface area (Å²) in [6, 6.07) is 22.7. The molecule has 284 valence electrons. The van der Waals surface area contributed by atoms with Crippen molar-refractivity contribution in [1.29, 1.82) is 0 Å². The van der Waals surface area contributed by atoms with Crippen LogP contribution in [-0.2, 0) is 32.3 Å². The number of isothiocyanates is 2. The average Bonchev–Trinajstić information content (AvgIpc) is 3.89. The van der Waals surface area contributed by atoms with E-state index in [2.05, 4.69) is 82.5 Å². The van der Waals surface area contributed by atoms with Crippen LogP contribution in [0, 0.1) is 0 Å². The van der Waals surface area contributed by atoms with Crippen LogP contribution in [0.1, 0.15) is 65.2 Å². The molecule has 2 N–H and O–H groups in total. The van der Waals surface area contributed by atoms with E-state index in [1.165, 1.54) is 44.1 Å². The van der Waals surface area contributed by atoms with Crippen LogP contribution < -0.4 is 0 Å². The van der Waals surface area contributed by atoms with Gasteiger partial charge in [0.25, 0.3) is 0 Å². The summed E-state index contributed by atoms with van der Waals surface area (Å²) in [5, 5.41) is 37.0. The number of aromatic nitrogens is 4. The van der Waals surface area contributed by atoms with Gasteiger partial charge in [0.05, 0.1) is 11.4 Å². The van der Waals surface area contributed by atoms with Gasteiger partial charge in [-0.15, -0.1) is 22.7 Å². The Morgan fingerprint density at radius 2 is 1.02 bits per heavy atom. The van der Waals surface area contributed by atoms with E-state index in [-0.39, 0.29) is 19.5 Å². The fraction of sp³-hybridized carbons (Fsp3) is 0.100. The van der Waals surface area contributed by atoms with Gasteiger partial charge >= 0.3 is 31.4 Å². The first-order valence-electron chi connectivity index (χ1n) is 16.2. The predicted octanol–water partition coefficient (Wildman–Crippen LogP) is 11.1. The predicted molar refractivity (Wildman–Crippen MR) is 231 cm³/mol. The number of thiophene rings is 2. The van der Waals surface area contributed by atoms with Gasteiger partial charge in [-0.05, 0) is 120 Å². The number of hydrogen-bond acceptors (Lipinski definition) is 11. The number of aromatic carboxylic acids is 2. The van der Waals surface area contributed by atoms with Crippen molar-refractivity contribution in [3.63, 3.8) is 0 Å². The van der Waals surface area contributed by atoms with Crippen LogP contribution in [0.5, 0.6) is 0 Å². The maximum Gasteiger partial charge on any atom is 2.00 e. The maximum absolute atomic E-state index is 11.0. The van der Waals surface area contributed by atoms with Gasteiger partial charge in [0.15, 0.2) is 0 Å². The standard InChI is InChI=1S/C24H16N2O4S2.C14H16N2S.2CNS.Ru/c27-23(28)21-7-5-17(31-21)3-1-15-9-11-25-19(13-15)20-14-16(10-12-26-20)2-4-18-6-8-22(32-18)24(29)30;1-3-11-5-7-15-13(9-11)17-14-10-12(4-2)6-8-16-14;2*2-1-3;/h1-14H,(H,27,28)(H,29,30);5-10H,3-4H2,1-2H3;;;/q;;2*-1;+2/b3-1+,4-2+;;;;. The Balaban J connectivity index is 0.000000379. The second kappa shape index (κ2) is 26.0. The number of aryl methyl sites for hydroxylation is 2. The van der Waals surface area contributed by atoms with Crippen molar-refractivity contribution in [1.82, 2.24) is 19.9 Å². The van der Waals surface area contributed by atoms with Gasteiger partial charge in [0.1, 0.15) is 19.8 Å². The van der Waals surface area contributed by atoms with Gasteiger partial charge in [-0.3, -0.25) is 9.97 Å². The molecule has 0 aromatic carbocycles. The fourth-order valence-electron chi connectivity index (χ4n) is 4.41. The minimum atomic E-state index is -0.928. The van der Waals surface area contributed by atoms with Crippen molar-refractivity contribution in [3.05, 3.63) is 150 Å². The number of carboxylic acid groups (broad SMARTS) is 2. The monoisotopic (exact) mass is 922 g/mol. The van der Waals surface area contributed by atoms with Crippen LogP contribution in [0.15, 0.2) is 108 Å². The van der Waals surface area contributed by atoms with Gasteiger partial charge in [0.2, 0.25) is 0 Å². The Bertz CT molecular complexity index is 2170. The Hall–Kier alpha value is -5.01. The molecule has 16 heteroatoms. The zero-order chi connectivity index (χ0) is 40.0. The molecule has 0 aliphatic carbocycles. The summed E-state index contributed by atoms with van der Waals surface area (Å²) in [6.07, 6.45) is 16.8. The average molecular weight is 922 g/mol. The molecule has 0 spiro atoms. The molecule has 6 heterocycles. The molecule has 56 heavy (non-hydrogen) atoms. The summed E-state index contributed by atoms with van der Waals surface area (Å²) in [4.78, 5) is 41.9. The first kappa shape index (κ1) is 47.1. The molecule has 0 aliphatic heterocycles. The van der Waals surface area contributed by atoms with Crippen LogP contribution in [0.2, 0.25) is 0 Å². The largest absolute Gasteiger partial charge is 2.00 e. The van der Waals surface area contributed by atoms with Crippen molar-refractivity contribution >= 4 is 105 Å². The van der Waals surface area contributed by atoms with Crippen LogP contribution >= 0.6 is 58.9 Å². The van der Waals surface area contributed by atoms with E-state index in [1.807, 2.05) is 61.0 Å². The van der Waals surface area contributed by atoms with Gasteiger partial charge in [-0.25, -0.2) is 19.6 Å². The molecule has 0 saturated heterocycles. The number of nitrogens with zero attached hydrogens (tertiary/aromatic N) is 6. The maximum atomic E-state index is 11.0. The van der Waals surface area contributed by atoms with E-state index in [0.29, 0.717) is 21.1 Å². The number of thiocarbonyl (C=S) groups is 2. The summed E-state index contributed by atoms with van der Waals surface area (Å²) >= 11 is 11.5. The number of carboxylic acids is 2. The quantitative estimate of drug-likeness (QED) is 0.0720. The van der Waals surface area contributed by atoms with Crippen molar-refractivity contribution in [3.8, 4) is 11.4 Å². The van der Waals surface area contributed by atoms with E-state index < -0.39 is 11.9 Å². The molecule has 0 unspecified atom stereocenters. The van der Waals surface area contributed by atoms with Crippen LogP contribution in [-0.4, -0.2) is 52.4 Å². The topological polar surface area (TPSA) is 171 Å². The first-order chi connectivity index (χ1) is 26.6. The fourth-order valence-corrected chi connectivity index (χ4v) is 6.77. The van der Waals surface area contributed by atoms with Gasteiger partial charge < -0.3 is 21.0 Å². The number of rotatable bonds is 11. The molecule has 6 aromatic rings. The summed E-state index contributed by atoms with van der Waals surface area (Å²) in [6.45, 7) is 4.31. The molecule has 0 radical (unpaired) electrons. The molecular weight excluding hydrogens is 890 g/mol. The van der Waals surface area contributed by atoms with Gasteiger partial charge in [0, 0.05) is 34.5 Å². The Morgan fingerprint density at radius 3 is 1.36 bits per heavy atom. The second-order valence-corrected chi connectivity index (χ2v) is 14.3. The third-order valence-electron chi connectivity index (χ3n) is 7.01. The SMILES string of the molecule is CCc1ccnc(Sc2cc(CC)ccn2)c1.O=C(O)c1ccc(/C=C/c2ccnc(-c3cc(/C=C/c4ccc(C(=O)O)s4)ccn3)c2)s1.[N-]=C=S.[N-]=C=S.[Ru+2]. The van der Waals surface area contributed by atoms with E-state index >= 15 is 0 Å². The smallest absolute Gasteiger partial charge is 0.753 e. The van der Waals surface area contributed by atoms with Crippen LogP contribution in [0.3, 0.4) is 0 Å². The molecule has 0 aliphatic rings. The van der Waals surface area contributed by atoms with Crippen molar-refractivity contribution in [2.24, 2.45) is 0 Å². The Kier molecular flexibility index (Phi) is 21.9. The summed E-state index contributed by atoms with van der Waals surface area (Å²) < 4.78 is 0. The summed E-state index contributed by atoms with van der Waals surface area (Å²) in [5.74, 6) is -1.86. The minimum Gasteiger partial charge on any atom is -0.753 e. The normalized spacial score (nSPS) is 9.96. The van der Waals surface area contributed by atoms with Gasteiger partial charge in [-0.1, -0.05) is 62.2 Å². The number of hydrogen-bond donors (Lipinski definition) is 2. The zero-order valence-corrected chi connectivity index (χ0v) is 35.6. The molecule has 0 fully saturated rings. The molecular formula is C40H32N6O4RuS5. The molecule has 6 rings (SSSR count). The Morgan fingerprint density at radius 1 is 0.643 bits per heavy atom. The van der Waals surface area contributed by atoms with Crippen molar-refractivity contribution in [2.45, 2.75) is 36.7 Å². The Labute approximate surface area is 360 Å². The van der Waals surface area contributed by atoms with Crippen LogP contribution in [0.4, 0.5) is 0 Å². The molecule has 0 bridgehead atoms. The summed E-state index contributed by atoms with van der Waals surface area (Å²) in [7, 11) is 0. The zero-order valence-electron chi connectivity index (χ0n) is 29.8. The molecule has 6 aromatic heterocycles. The third-order valence-corrected chi connectivity index (χ3v) is 9.95. The van der Waals surface area contributed by atoms with Crippen molar-refractivity contribution < 1.29 is 39.3 Å². The van der Waals surface area contributed by atoms with Crippen molar-refractivity contribution in [2.75, 3.05) is 0 Å². The molecule has 0 saturated carbocycles. The van der Waals surface area contributed by atoms with E-state index in [4.69, 9.17) is 21.0 Å². The van der Waals surface area contributed by atoms with Crippen LogP contribution in [0.25, 0.3) is 46.5 Å². The minimum absolute atomic E-state index is 0. The van der Waals surface area contributed by atoms with Gasteiger partial charge in [-0.2, -0.15) is 10.3 Å². The first-order valence-corrected chi connectivity index (χ1v) is 19.4. The molecule has 0 atom stereocenters. The van der Waals surface area contributed by atoms with E-state index in [1.54, 1.807) is 48.4 Å². The second-order valence-electron chi connectivity index (χ2n) is 10.6. The van der Waals surface area contributed by atoms with E-state index in [0.717, 1.165) is 43.8 Å². The number of carbonyl (C=O) groups is 2.